The Morgan fingerprint density at radius 2 is 0.700 bits per heavy atom. The molecule has 0 aliphatic carbocycles. The lowest BCUT2D eigenvalue weighted by molar-refractivity contribution is 0.641. The highest BCUT2D eigenvalue weighted by Crippen LogP contribution is 2.30. The predicted octanol–water partition coefficient (Wildman–Crippen LogP) is 9.45. The Balaban J connectivity index is 1.95. The van der Waals surface area contributed by atoms with Crippen LogP contribution in [0.15, 0.2) is 24.3 Å². The van der Waals surface area contributed by atoms with Gasteiger partial charge >= 0.3 is 0 Å². The molecule has 0 aromatic carbocycles. The van der Waals surface area contributed by atoms with E-state index in [4.69, 9.17) is 9.97 Å². The van der Waals surface area contributed by atoms with Gasteiger partial charge in [0.05, 0.1) is 22.8 Å². The molecule has 40 heavy (non-hydrogen) atoms. The van der Waals surface area contributed by atoms with E-state index in [1.165, 1.54) is 44.3 Å². The lowest BCUT2D eigenvalue weighted by Crippen LogP contribution is -2.02. The molecule has 5 rings (SSSR count). The minimum absolute atomic E-state index is 0.506. The molecule has 0 radical (unpaired) electrons. The van der Waals surface area contributed by atoms with Gasteiger partial charge in [-0.1, -0.05) is 55.4 Å². The third kappa shape index (κ3) is 6.01. The van der Waals surface area contributed by atoms with Gasteiger partial charge in [-0.2, -0.15) is 0 Å². The Labute approximate surface area is 240 Å². The highest BCUT2D eigenvalue weighted by molar-refractivity contribution is 5.83. The van der Waals surface area contributed by atoms with Crippen LogP contribution in [0, 0.1) is 23.7 Å². The van der Waals surface area contributed by atoms with Crippen molar-refractivity contribution < 1.29 is 0 Å². The SMILES string of the molecule is CC(C)Cc1c2nc(c(CC(C)C)c3ccc([nH]3)c(CC(C)C)c3ccc([nH]3)c(CC(C)C)c3nc1C=C3)C=C2. The molecular weight excluding hydrogens is 488 g/mol. The predicted molar refractivity (Wildman–Crippen MR) is 173 cm³/mol. The monoisotopic (exact) mass is 534 g/mol. The largest absolute Gasteiger partial charge is 0.355 e. The smallest absolute Gasteiger partial charge is 0.0691 e. The highest BCUT2D eigenvalue weighted by atomic mass is 14.8. The summed E-state index contributed by atoms with van der Waals surface area (Å²) in [5.41, 5.74) is 14.1. The van der Waals surface area contributed by atoms with Crippen LogP contribution in [0.5, 0.6) is 0 Å². The minimum Gasteiger partial charge on any atom is -0.355 e. The van der Waals surface area contributed by atoms with Gasteiger partial charge in [0.25, 0.3) is 0 Å². The number of nitrogens with one attached hydrogen (secondary N) is 2. The van der Waals surface area contributed by atoms with Crippen molar-refractivity contribution in [3.8, 4) is 0 Å². The Morgan fingerprint density at radius 1 is 0.425 bits per heavy atom. The average molecular weight is 535 g/mol. The summed E-state index contributed by atoms with van der Waals surface area (Å²) in [5.74, 6) is 2.08. The minimum atomic E-state index is 0.506. The van der Waals surface area contributed by atoms with E-state index < -0.39 is 0 Å². The molecule has 4 nitrogen and oxygen atoms in total. The van der Waals surface area contributed by atoms with Gasteiger partial charge in [0.1, 0.15) is 0 Å². The van der Waals surface area contributed by atoms with E-state index in [9.17, 15) is 0 Å². The fourth-order valence-electron chi connectivity index (χ4n) is 5.93. The number of fused-ring (bicyclic) bond motifs is 8. The topological polar surface area (TPSA) is 57.4 Å². The summed E-state index contributed by atoms with van der Waals surface area (Å²) in [5, 5.41) is 0. The molecule has 3 aromatic heterocycles. The standard InChI is InChI=1S/C36H46N4/c1-21(2)17-25-29-9-11-31(37-29)26(18-22(3)4)33-13-15-35(39-33)28(20-24(7)8)36-16-14-34(40-36)27(19-23(5)6)32-12-10-30(25)38-32/h9-16,21-24,37-38H,17-20H2,1-8H3. The molecule has 0 atom stereocenters. The number of aromatic amines is 2. The quantitative estimate of drug-likeness (QED) is 0.208. The Kier molecular flexibility index (Phi) is 8.16. The Bertz CT molecular complexity index is 1500. The van der Waals surface area contributed by atoms with Crippen LogP contribution >= 0.6 is 0 Å². The molecule has 2 aliphatic heterocycles. The van der Waals surface area contributed by atoms with Gasteiger partial charge in [0.2, 0.25) is 0 Å². The normalized spacial score (nSPS) is 13.1. The van der Waals surface area contributed by atoms with Crippen LogP contribution in [0.4, 0.5) is 0 Å². The van der Waals surface area contributed by atoms with E-state index in [1.807, 2.05) is 0 Å². The molecule has 210 valence electrons. The molecule has 0 saturated heterocycles. The summed E-state index contributed by atoms with van der Waals surface area (Å²) < 4.78 is 0. The van der Waals surface area contributed by atoms with E-state index in [0.29, 0.717) is 23.7 Å². The molecule has 2 N–H and O–H groups in total. The van der Waals surface area contributed by atoms with Crippen molar-refractivity contribution in [2.24, 2.45) is 23.7 Å². The lowest BCUT2D eigenvalue weighted by atomic mass is 10.00. The highest BCUT2D eigenvalue weighted by Gasteiger charge is 2.18. The first-order valence-electron chi connectivity index (χ1n) is 15.2. The fourth-order valence-corrected chi connectivity index (χ4v) is 5.93. The zero-order valence-corrected chi connectivity index (χ0v) is 25.7. The fraction of sp³-hybridized carbons (Fsp3) is 0.444. The van der Waals surface area contributed by atoms with E-state index in [2.05, 4.69) is 114 Å². The van der Waals surface area contributed by atoms with Crippen LogP contribution in [0.25, 0.3) is 46.4 Å². The number of aromatic nitrogens is 4. The van der Waals surface area contributed by atoms with Gasteiger partial charge in [-0.05, 0) is 103 Å². The van der Waals surface area contributed by atoms with Gasteiger partial charge in [0.15, 0.2) is 0 Å². The number of rotatable bonds is 8. The van der Waals surface area contributed by atoms with Crippen molar-refractivity contribution in [2.75, 3.05) is 0 Å². The first-order chi connectivity index (χ1) is 19.1. The van der Waals surface area contributed by atoms with Gasteiger partial charge in [-0.3, -0.25) is 0 Å². The molecule has 0 saturated carbocycles. The molecule has 3 aromatic rings. The van der Waals surface area contributed by atoms with Gasteiger partial charge < -0.3 is 9.97 Å². The summed E-state index contributed by atoms with van der Waals surface area (Å²) in [6.45, 7) is 18.3. The van der Waals surface area contributed by atoms with Crippen LogP contribution in [-0.4, -0.2) is 19.9 Å². The molecule has 0 unspecified atom stereocenters. The summed E-state index contributed by atoms with van der Waals surface area (Å²) in [7, 11) is 0. The van der Waals surface area contributed by atoms with Crippen LogP contribution < -0.4 is 0 Å². The summed E-state index contributed by atoms with van der Waals surface area (Å²) in [6.07, 6.45) is 12.7. The molecule has 0 amide bonds. The summed E-state index contributed by atoms with van der Waals surface area (Å²) >= 11 is 0. The van der Waals surface area contributed by atoms with Crippen molar-refractivity contribution in [3.05, 3.63) is 69.3 Å². The van der Waals surface area contributed by atoms with Crippen molar-refractivity contribution >= 4 is 46.4 Å². The first-order valence-corrected chi connectivity index (χ1v) is 15.2. The van der Waals surface area contributed by atoms with Crippen molar-refractivity contribution in [3.63, 3.8) is 0 Å². The lowest BCUT2D eigenvalue weighted by Gasteiger charge is -2.09. The maximum absolute atomic E-state index is 5.27. The van der Waals surface area contributed by atoms with E-state index in [0.717, 1.165) is 48.5 Å². The van der Waals surface area contributed by atoms with E-state index in [-0.39, 0.29) is 0 Å². The zero-order valence-electron chi connectivity index (χ0n) is 25.7. The van der Waals surface area contributed by atoms with Gasteiger partial charge in [-0.15, -0.1) is 0 Å². The molecule has 8 bridgehead atoms. The van der Waals surface area contributed by atoms with Crippen LogP contribution in [0.3, 0.4) is 0 Å². The molecule has 0 spiro atoms. The van der Waals surface area contributed by atoms with Gasteiger partial charge in [0, 0.05) is 38.8 Å². The molecule has 4 heteroatoms. The number of hydrogen-bond acceptors (Lipinski definition) is 2. The average Bonchev–Trinajstić information content (AvgIpc) is 3.69. The third-order valence-electron chi connectivity index (χ3n) is 7.64. The number of H-pyrrole nitrogens is 2. The van der Waals surface area contributed by atoms with E-state index in [1.54, 1.807) is 0 Å². The second-order valence-corrected chi connectivity index (χ2v) is 13.3. The van der Waals surface area contributed by atoms with Crippen LogP contribution in [0.1, 0.15) is 100 Å². The number of nitrogens with zero attached hydrogens (tertiary/aromatic N) is 2. The summed E-state index contributed by atoms with van der Waals surface area (Å²) in [4.78, 5) is 18.2. The van der Waals surface area contributed by atoms with Crippen molar-refractivity contribution in [2.45, 2.75) is 81.1 Å². The van der Waals surface area contributed by atoms with E-state index >= 15 is 0 Å². The van der Waals surface area contributed by atoms with Gasteiger partial charge in [-0.25, -0.2) is 9.97 Å². The van der Waals surface area contributed by atoms with Crippen LogP contribution in [0.2, 0.25) is 0 Å². The molecule has 0 fully saturated rings. The summed E-state index contributed by atoms with van der Waals surface area (Å²) in [6, 6.07) is 9.03. The third-order valence-corrected chi connectivity index (χ3v) is 7.64. The van der Waals surface area contributed by atoms with Crippen molar-refractivity contribution in [1.29, 1.82) is 0 Å². The molecule has 2 aliphatic rings. The molecular formula is C36H46N4. The second-order valence-electron chi connectivity index (χ2n) is 13.3. The molecule has 5 heterocycles. The number of hydrogen-bond donors (Lipinski definition) is 2. The maximum atomic E-state index is 5.27. The first kappa shape index (κ1) is 28.1. The van der Waals surface area contributed by atoms with Crippen molar-refractivity contribution in [1.82, 2.24) is 19.9 Å². The van der Waals surface area contributed by atoms with Crippen LogP contribution in [-0.2, 0) is 25.7 Å². The zero-order chi connectivity index (χ0) is 28.6. The second kappa shape index (κ2) is 11.6. The Hall–Kier alpha value is -3.40. The Morgan fingerprint density at radius 3 is 1.05 bits per heavy atom. The maximum Gasteiger partial charge on any atom is 0.0691 e.